The summed E-state index contributed by atoms with van der Waals surface area (Å²) in [6, 6.07) is 18.3. The molecule has 2 aromatic carbocycles. The summed E-state index contributed by atoms with van der Waals surface area (Å²) in [5.41, 5.74) is 0.978. The van der Waals surface area contributed by atoms with E-state index in [0.717, 1.165) is 10.1 Å². The monoisotopic (exact) mass is 461 g/mol. The number of imide groups is 1. The molecule has 1 fully saturated rings. The van der Waals surface area contributed by atoms with Gasteiger partial charge in [0.25, 0.3) is 17.4 Å². The summed E-state index contributed by atoms with van der Waals surface area (Å²) in [6.45, 7) is 1.30. The second-order valence-corrected chi connectivity index (χ2v) is 7.87. The van der Waals surface area contributed by atoms with Gasteiger partial charge in [-0.1, -0.05) is 67.6 Å². The number of hydrogen-bond acceptors (Lipinski definition) is 5. The molecule has 1 atom stereocenters. The first kappa shape index (κ1) is 22.7. The van der Waals surface area contributed by atoms with E-state index >= 15 is 0 Å². The summed E-state index contributed by atoms with van der Waals surface area (Å²) < 4.78 is 2.05. The van der Waals surface area contributed by atoms with Crippen LogP contribution in [0.1, 0.15) is 24.5 Å². The van der Waals surface area contributed by atoms with E-state index in [1.54, 1.807) is 37.3 Å². The Morgan fingerprint density at radius 3 is 2.24 bits per heavy atom. The van der Waals surface area contributed by atoms with Gasteiger partial charge in [-0.15, -0.1) is 0 Å². The number of rotatable bonds is 7. The smallest absolute Gasteiger partial charge is 0.318 e. The highest BCUT2D eigenvalue weighted by molar-refractivity contribution is 6.08. The van der Waals surface area contributed by atoms with Crippen LogP contribution in [0.3, 0.4) is 0 Å². The number of benzene rings is 2. The number of hydrazine groups is 1. The number of nitrogens with zero attached hydrogens (tertiary/aromatic N) is 3. The van der Waals surface area contributed by atoms with Gasteiger partial charge in [0.05, 0.1) is 6.54 Å². The molecular formula is C24H23N5O5. The Balaban J connectivity index is 1.54. The molecule has 0 aliphatic carbocycles. The van der Waals surface area contributed by atoms with Crippen LogP contribution in [0.2, 0.25) is 0 Å². The number of nitrogens with one attached hydrogen (secondary N) is 2. The van der Waals surface area contributed by atoms with Crippen LogP contribution in [-0.4, -0.2) is 32.0 Å². The zero-order valence-corrected chi connectivity index (χ0v) is 18.4. The van der Waals surface area contributed by atoms with Gasteiger partial charge in [-0.3, -0.25) is 28.9 Å². The van der Waals surface area contributed by atoms with Gasteiger partial charge in [0.15, 0.2) is 0 Å². The molecule has 2 N–H and O–H groups in total. The van der Waals surface area contributed by atoms with Gasteiger partial charge in [-0.05, 0) is 17.5 Å². The Hall–Kier alpha value is -4.47. The molecule has 0 bridgehead atoms. The van der Waals surface area contributed by atoms with Crippen molar-refractivity contribution in [2.24, 2.45) is 0 Å². The lowest BCUT2D eigenvalue weighted by atomic mass is 9.87. The molecule has 174 valence electrons. The fraction of sp³-hybridized carbons (Fsp3) is 0.208. The normalized spacial score (nSPS) is 17.5. The molecule has 4 rings (SSSR count). The zero-order chi connectivity index (χ0) is 24.3. The van der Waals surface area contributed by atoms with Crippen LogP contribution < -0.4 is 22.0 Å². The molecule has 1 aliphatic rings. The summed E-state index contributed by atoms with van der Waals surface area (Å²) in [7, 11) is 0. The minimum Gasteiger partial charge on any atom is -0.318 e. The third-order valence-corrected chi connectivity index (χ3v) is 5.76. The van der Waals surface area contributed by atoms with E-state index in [2.05, 4.69) is 10.7 Å². The van der Waals surface area contributed by atoms with E-state index in [4.69, 9.17) is 0 Å². The Labute approximate surface area is 194 Å². The van der Waals surface area contributed by atoms with Crippen LogP contribution in [0, 0.1) is 0 Å². The number of amides is 4. The van der Waals surface area contributed by atoms with Gasteiger partial charge >= 0.3 is 11.7 Å². The molecule has 10 nitrogen and oxygen atoms in total. The number of carbonyl (C=O) groups is 3. The standard InChI is InChI=1S/C24H23N5O5/c1-2-24(18-11-7-4-8-12-18)21(32)29(22(33)25-24)26-19(30)16-28-20(31)13-14-27(23(28)34)15-17-9-5-3-6-10-17/h3-14H,2,15-16H2,1H3,(H,25,33)(H,26,30). The molecular weight excluding hydrogens is 438 g/mol. The summed E-state index contributed by atoms with van der Waals surface area (Å²) in [5.74, 6) is -1.51. The van der Waals surface area contributed by atoms with Crippen molar-refractivity contribution < 1.29 is 14.4 Å². The molecule has 34 heavy (non-hydrogen) atoms. The Morgan fingerprint density at radius 2 is 1.59 bits per heavy atom. The Morgan fingerprint density at radius 1 is 0.941 bits per heavy atom. The lowest BCUT2D eigenvalue weighted by Gasteiger charge is -2.25. The van der Waals surface area contributed by atoms with Crippen molar-refractivity contribution in [3.63, 3.8) is 0 Å². The predicted octanol–water partition coefficient (Wildman–Crippen LogP) is 0.947. The molecule has 0 spiro atoms. The third-order valence-electron chi connectivity index (χ3n) is 5.76. The highest BCUT2D eigenvalue weighted by Gasteiger charge is 2.52. The molecule has 1 aromatic heterocycles. The van der Waals surface area contributed by atoms with Gasteiger partial charge in [-0.25, -0.2) is 9.59 Å². The first-order valence-corrected chi connectivity index (χ1v) is 10.7. The lowest BCUT2D eigenvalue weighted by molar-refractivity contribution is -0.139. The van der Waals surface area contributed by atoms with Crippen molar-refractivity contribution >= 4 is 17.8 Å². The van der Waals surface area contributed by atoms with Crippen molar-refractivity contribution in [1.29, 1.82) is 0 Å². The largest absolute Gasteiger partial charge is 0.344 e. The number of aromatic nitrogens is 2. The molecule has 0 radical (unpaired) electrons. The van der Waals surface area contributed by atoms with E-state index in [1.165, 1.54) is 16.8 Å². The lowest BCUT2D eigenvalue weighted by Crippen LogP contribution is -2.51. The molecule has 0 saturated carbocycles. The van der Waals surface area contributed by atoms with Crippen LogP contribution in [0.4, 0.5) is 4.79 Å². The van der Waals surface area contributed by atoms with Crippen LogP contribution >= 0.6 is 0 Å². The Kier molecular flexibility index (Phi) is 6.13. The maximum Gasteiger partial charge on any atom is 0.344 e. The quantitative estimate of drug-likeness (QED) is 0.507. The fourth-order valence-corrected chi connectivity index (χ4v) is 3.95. The van der Waals surface area contributed by atoms with Crippen molar-refractivity contribution in [2.45, 2.75) is 32.0 Å². The van der Waals surface area contributed by atoms with Gasteiger partial charge in [0, 0.05) is 12.3 Å². The number of carbonyl (C=O) groups excluding carboxylic acids is 3. The van der Waals surface area contributed by atoms with Crippen molar-refractivity contribution in [1.82, 2.24) is 24.9 Å². The molecule has 1 saturated heterocycles. The molecule has 3 aromatic rings. The van der Waals surface area contributed by atoms with E-state index in [9.17, 15) is 24.0 Å². The van der Waals surface area contributed by atoms with E-state index in [-0.39, 0.29) is 13.0 Å². The fourth-order valence-electron chi connectivity index (χ4n) is 3.95. The highest BCUT2D eigenvalue weighted by Crippen LogP contribution is 2.31. The number of hydrogen-bond donors (Lipinski definition) is 2. The minimum atomic E-state index is -1.32. The zero-order valence-electron chi connectivity index (χ0n) is 18.4. The first-order valence-electron chi connectivity index (χ1n) is 10.7. The highest BCUT2D eigenvalue weighted by atomic mass is 16.2. The third kappa shape index (κ3) is 4.13. The summed E-state index contributed by atoms with van der Waals surface area (Å²) >= 11 is 0. The molecule has 2 heterocycles. The van der Waals surface area contributed by atoms with Crippen molar-refractivity contribution in [3.8, 4) is 0 Å². The molecule has 1 aliphatic heterocycles. The average Bonchev–Trinajstić information content (AvgIpc) is 3.10. The van der Waals surface area contributed by atoms with E-state index < -0.39 is 41.2 Å². The summed E-state index contributed by atoms with van der Waals surface area (Å²) in [4.78, 5) is 63.5. The molecule has 4 amide bonds. The Bertz CT molecular complexity index is 1350. The average molecular weight is 461 g/mol. The van der Waals surface area contributed by atoms with Crippen LogP contribution in [0.5, 0.6) is 0 Å². The topological polar surface area (TPSA) is 123 Å². The van der Waals surface area contributed by atoms with Crippen LogP contribution in [0.15, 0.2) is 82.5 Å². The summed E-state index contributed by atoms with van der Waals surface area (Å²) in [6.07, 6.45) is 1.62. The maximum atomic E-state index is 13.1. The first-order chi connectivity index (χ1) is 16.4. The molecule has 10 heteroatoms. The van der Waals surface area contributed by atoms with Gasteiger partial charge in [0.1, 0.15) is 12.1 Å². The van der Waals surface area contributed by atoms with Gasteiger partial charge in [0.2, 0.25) is 0 Å². The van der Waals surface area contributed by atoms with E-state index in [0.29, 0.717) is 10.6 Å². The van der Waals surface area contributed by atoms with Gasteiger partial charge < -0.3 is 5.32 Å². The molecule has 1 unspecified atom stereocenters. The van der Waals surface area contributed by atoms with Crippen molar-refractivity contribution in [2.75, 3.05) is 0 Å². The second kappa shape index (κ2) is 9.18. The van der Waals surface area contributed by atoms with Gasteiger partial charge in [-0.2, -0.15) is 5.01 Å². The van der Waals surface area contributed by atoms with Crippen LogP contribution in [0.25, 0.3) is 0 Å². The predicted molar refractivity (Wildman–Crippen MR) is 122 cm³/mol. The minimum absolute atomic E-state index is 0.213. The summed E-state index contributed by atoms with van der Waals surface area (Å²) in [5, 5.41) is 3.24. The van der Waals surface area contributed by atoms with E-state index in [1.807, 2.05) is 30.3 Å². The maximum absolute atomic E-state index is 13.1. The SMILES string of the molecule is CCC1(c2ccccc2)NC(=O)N(NC(=O)Cn2c(=O)ccn(Cc3ccccc3)c2=O)C1=O. The second-order valence-electron chi connectivity index (χ2n) is 7.87. The van der Waals surface area contributed by atoms with Crippen molar-refractivity contribution in [3.05, 3.63) is 105 Å². The number of urea groups is 1. The van der Waals surface area contributed by atoms with Crippen LogP contribution in [-0.2, 0) is 28.2 Å².